The lowest BCUT2D eigenvalue weighted by molar-refractivity contribution is -0.137. The largest absolute Gasteiger partial charge is 0.330 e. The van der Waals surface area contributed by atoms with E-state index in [-0.39, 0.29) is 23.9 Å². The van der Waals surface area contributed by atoms with Gasteiger partial charge in [0.25, 0.3) is 0 Å². The van der Waals surface area contributed by atoms with E-state index < -0.39 is 6.04 Å². The van der Waals surface area contributed by atoms with Crippen LogP contribution in [-0.4, -0.2) is 27.9 Å². The molecule has 1 unspecified atom stereocenters. The summed E-state index contributed by atoms with van der Waals surface area (Å²) >= 11 is 1.57. The van der Waals surface area contributed by atoms with Gasteiger partial charge in [0.1, 0.15) is 5.01 Å². The summed E-state index contributed by atoms with van der Waals surface area (Å²) in [7, 11) is 0. The monoisotopic (exact) mass is 269 g/mol. The van der Waals surface area contributed by atoms with Crippen LogP contribution in [0.5, 0.6) is 0 Å². The average Bonchev–Trinajstić information content (AvgIpc) is 2.80. The second-order valence-electron chi connectivity index (χ2n) is 5.16. The van der Waals surface area contributed by atoms with Gasteiger partial charge in [-0.05, 0) is 26.7 Å². The third-order valence-corrected chi connectivity index (χ3v) is 3.99. The first kappa shape index (κ1) is 15.1. The first-order chi connectivity index (χ1) is 8.36. The summed E-state index contributed by atoms with van der Waals surface area (Å²) in [5.41, 5.74) is 5.98. The zero-order valence-electron chi connectivity index (χ0n) is 11.8. The van der Waals surface area contributed by atoms with Gasteiger partial charge in [0, 0.05) is 17.6 Å². The molecule has 102 valence electrons. The molecule has 1 amide bonds. The van der Waals surface area contributed by atoms with Crippen LogP contribution in [0.25, 0.3) is 0 Å². The number of aromatic nitrogens is 1. The summed E-state index contributed by atoms with van der Waals surface area (Å²) in [6.45, 7) is 9.96. The molecule has 2 N–H and O–H groups in total. The summed E-state index contributed by atoms with van der Waals surface area (Å²) in [6.07, 6.45) is 1.77. The summed E-state index contributed by atoms with van der Waals surface area (Å²) in [4.78, 5) is 18.6. The molecule has 0 aliphatic carbocycles. The Hall–Kier alpha value is -0.940. The van der Waals surface area contributed by atoms with E-state index in [1.807, 2.05) is 44.9 Å². The van der Waals surface area contributed by atoms with Gasteiger partial charge < -0.3 is 10.6 Å². The Morgan fingerprint density at radius 3 is 2.33 bits per heavy atom. The SMILES string of the molecule is CC(C)C(N)C(=O)N(C(C)C)[C@@H](C)c1nccs1. The standard InChI is InChI=1S/C13H23N3OS/c1-8(2)11(14)13(17)16(9(3)4)10(5)12-15-6-7-18-12/h6-11H,14H2,1-5H3/t10-,11?/m0/s1. The third-order valence-electron chi connectivity index (χ3n) is 3.04. The molecule has 1 rings (SSSR count). The zero-order chi connectivity index (χ0) is 13.9. The van der Waals surface area contributed by atoms with E-state index in [0.717, 1.165) is 5.01 Å². The molecule has 0 saturated heterocycles. The molecular weight excluding hydrogens is 246 g/mol. The minimum atomic E-state index is -0.449. The van der Waals surface area contributed by atoms with Crippen molar-refractivity contribution in [2.75, 3.05) is 0 Å². The predicted molar refractivity (Wildman–Crippen MR) is 75.3 cm³/mol. The van der Waals surface area contributed by atoms with Crippen molar-refractivity contribution >= 4 is 17.2 Å². The number of nitrogens with two attached hydrogens (primary N) is 1. The summed E-state index contributed by atoms with van der Waals surface area (Å²) < 4.78 is 0. The number of amides is 1. The lowest BCUT2D eigenvalue weighted by Gasteiger charge is -2.34. The number of thiazole rings is 1. The lowest BCUT2D eigenvalue weighted by Crippen LogP contribution is -2.50. The fourth-order valence-electron chi connectivity index (χ4n) is 1.91. The normalized spacial score (nSPS) is 14.9. The van der Waals surface area contributed by atoms with Gasteiger partial charge in [-0.1, -0.05) is 13.8 Å². The smallest absolute Gasteiger partial charge is 0.240 e. The van der Waals surface area contributed by atoms with Gasteiger partial charge in [-0.15, -0.1) is 11.3 Å². The van der Waals surface area contributed by atoms with Crippen molar-refractivity contribution in [2.45, 2.75) is 52.7 Å². The van der Waals surface area contributed by atoms with E-state index in [4.69, 9.17) is 5.73 Å². The maximum absolute atomic E-state index is 12.4. The molecule has 0 aromatic carbocycles. The van der Waals surface area contributed by atoms with Gasteiger partial charge in [0.05, 0.1) is 12.1 Å². The van der Waals surface area contributed by atoms with Crippen molar-refractivity contribution in [1.29, 1.82) is 0 Å². The van der Waals surface area contributed by atoms with Crippen LogP contribution in [-0.2, 0) is 4.79 Å². The van der Waals surface area contributed by atoms with E-state index in [0.29, 0.717) is 0 Å². The number of rotatable bonds is 5. The molecule has 1 aromatic rings. The van der Waals surface area contributed by atoms with Crippen LogP contribution in [0.15, 0.2) is 11.6 Å². The van der Waals surface area contributed by atoms with E-state index in [1.165, 1.54) is 0 Å². The number of nitrogens with zero attached hydrogens (tertiary/aromatic N) is 2. The molecule has 0 bridgehead atoms. The van der Waals surface area contributed by atoms with E-state index in [1.54, 1.807) is 17.5 Å². The Bertz CT molecular complexity index is 376. The number of carbonyl (C=O) groups is 1. The number of hydrogen-bond donors (Lipinski definition) is 1. The molecule has 0 fully saturated rings. The Kier molecular flexibility index (Phi) is 5.28. The van der Waals surface area contributed by atoms with Crippen LogP contribution in [0, 0.1) is 5.92 Å². The maximum atomic E-state index is 12.4. The highest BCUT2D eigenvalue weighted by molar-refractivity contribution is 7.09. The van der Waals surface area contributed by atoms with Crippen LogP contribution in [0.1, 0.15) is 45.7 Å². The molecule has 0 saturated carbocycles. The van der Waals surface area contributed by atoms with E-state index in [2.05, 4.69) is 4.98 Å². The lowest BCUT2D eigenvalue weighted by atomic mass is 10.0. The van der Waals surface area contributed by atoms with Crippen molar-refractivity contribution < 1.29 is 4.79 Å². The van der Waals surface area contributed by atoms with E-state index in [9.17, 15) is 4.79 Å². The zero-order valence-corrected chi connectivity index (χ0v) is 12.6. The molecule has 4 nitrogen and oxygen atoms in total. The second-order valence-corrected chi connectivity index (χ2v) is 6.08. The van der Waals surface area contributed by atoms with Crippen molar-refractivity contribution in [3.8, 4) is 0 Å². The summed E-state index contributed by atoms with van der Waals surface area (Å²) in [5.74, 6) is 0.143. The van der Waals surface area contributed by atoms with Gasteiger partial charge >= 0.3 is 0 Å². The van der Waals surface area contributed by atoms with Gasteiger partial charge in [-0.3, -0.25) is 4.79 Å². The second kappa shape index (κ2) is 6.29. The summed E-state index contributed by atoms with van der Waals surface area (Å²) in [5, 5.41) is 2.88. The maximum Gasteiger partial charge on any atom is 0.240 e. The van der Waals surface area contributed by atoms with Gasteiger partial charge in [0.2, 0.25) is 5.91 Å². The van der Waals surface area contributed by atoms with Crippen molar-refractivity contribution in [1.82, 2.24) is 9.88 Å². The number of hydrogen-bond acceptors (Lipinski definition) is 4. The van der Waals surface area contributed by atoms with Crippen LogP contribution in [0.2, 0.25) is 0 Å². The minimum Gasteiger partial charge on any atom is -0.330 e. The first-order valence-electron chi connectivity index (χ1n) is 6.33. The molecule has 0 aliphatic rings. The molecule has 1 aromatic heterocycles. The predicted octanol–water partition coefficient (Wildman–Crippen LogP) is 2.42. The number of carbonyl (C=O) groups excluding carboxylic acids is 1. The quantitative estimate of drug-likeness (QED) is 0.893. The van der Waals surface area contributed by atoms with Crippen LogP contribution >= 0.6 is 11.3 Å². The molecule has 1 heterocycles. The van der Waals surface area contributed by atoms with Gasteiger partial charge in [-0.25, -0.2) is 4.98 Å². The molecular formula is C13H23N3OS. The molecule has 0 aliphatic heterocycles. The Morgan fingerprint density at radius 2 is 1.94 bits per heavy atom. The highest BCUT2D eigenvalue weighted by atomic mass is 32.1. The van der Waals surface area contributed by atoms with Crippen LogP contribution < -0.4 is 5.73 Å². The molecule has 0 radical (unpaired) electrons. The Morgan fingerprint density at radius 1 is 1.33 bits per heavy atom. The average molecular weight is 269 g/mol. The van der Waals surface area contributed by atoms with Crippen LogP contribution in [0.4, 0.5) is 0 Å². The Labute approximate surface area is 113 Å². The first-order valence-corrected chi connectivity index (χ1v) is 7.21. The van der Waals surface area contributed by atoms with E-state index >= 15 is 0 Å². The topological polar surface area (TPSA) is 59.2 Å². The highest BCUT2D eigenvalue weighted by Crippen LogP contribution is 2.25. The fraction of sp³-hybridized carbons (Fsp3) is 0.692. The molecule has 18 heavy (non-hydrogen) atoms. The van der Waals surface area contributed by atoms with Gasteiger partial charge in [-0.2, -0.15) is 0 Å². The third kappa shape index (κ3) is 3.29. The van der Waals surface area contributed by atoms with Crippen molar-refractivity contribution in [2.24, 2.45) is 11.7 Å². The molecule has 2 atom stereocenters. The molecule has 0 spiro atoms. The van der Waals surface area contributed by atoms with Crippen molar-refractivity contribution in [3.63, 3.8) is 0 Å². The van der Waals surface area contributed by atoms with Crippen LogP contribution in [0.3, 0.4) is 0 Å². The highest BCUT2D eigenvalue weighted by Gasteiger charge is 2.30. The van der Waals surface area contributed by atoms with Crippen molar-refractivity contribution in [3.05, 3.63) is 16.6 Å². The Balaban J connectivity index is 2.93. The molecule has 5 heteroatoms. The van der Waals surface area contributed by atoms with Gasteiger partial charge in [0.15, 0.2) is 0 Å². The minimum absolute atomic E-state index is 0.00250. The fourth-order valence-corrected chi connectivity index (χ4v) is 2.60. The summed E-state index contributed by atoms with van der Waals surface area (Å²) in [6, 6.07) is -0.363.